The number of hydrogen-bond acceptors (Lipinski definition) is 2. The summed E-state index contributed by atoms with van der Waals surface area (Å²) in [6, 6.07) is 5.51. The van der Waals surface area contributed by atoms with E-state index in [1.807, 2.05) is 0 Å². The van der Waals surface area contributed by atoms with Crippen LogP contribution in [0.25, 0.3) is 11.3 Å². The smallest absolute Gasteiger partial charge is 0.140 e. The van der Waals surface area contributed by atoms with Crippen molar-refractivity contribution in [2.75, 3.05) is 0 Å². The Morgan fingerprint density at radius 2 is 1.88 bits per heavy atom. The van der Waals surface area contributed by atoms with E-state index in [1.54, 1.807) is 6.92 Å². The first-order valence-corrected chi connectivity index (χ1v) is 5.23. The fraction of sp³-hybridized carbons (Fsp3) is 0.231. The Morgan fingerprint density at radius 3 is 2.47 bits per heavy atom. The quantitative estimate of drug-likeness (QED) is 0.867. The summed E-state index contributed by atoms with van der Waals surface area (Å²) in [4.78, 5) is 0. The third-order valence-electron chi connectivity index (χ3n) is 2.57. The van der Waals surface area contributed by atoms with Crippen LogP contribution in [0.2, 0.25) is 0 Å². The van der Waals surface area contributed by atoms with Crippen LogP contribution >= 0.6 is 0 Å². The Balaban J connectivity index is 2.56. The predicted octanol–water partition coefficient (Wildman–Crippen LogP) is 3.59. The van der Waals surface area contributed by atoms with Crippen molar-refractivity contribution in [2.24, 2.45) is 0 Å². The molecule has 1 unspecified atom stereocenters. The van der Waals surface area contributed by atoms with Gasteiger partial charge in [0.05, 0.1) is 5.56 Å². The molecule has 0 fully saturated rings. The second-order valence-corrected chi connectivity index (χ2v) is 3.93. The third kappa shape index (κ3) is 2.08. The van der Waals surface area contributed by atoms with Crippen molar-refractivity contribution in [1.29, 1.82) is 0 Å². The lowest BCUT2D eigenvalue weighted by Crippen LogP contribution is -1.92. The zero-order valence-electron chi connectivity index (χ0n) is 9.50. The van der Waals surface area contributed by atoms with Crippen LogP contribution in [0.5, 0.6) is 0 Å². The molecule has 0 saturated carbocycles. The van der Waals surface area contributed by atoms with Gasteiger partial charge in [-0.05, 0) is 37.6 Å². The summed E-state index contributed by atoms with van der Waals surface area (Å²) in [7, 11) is 0. The van der Waals surface area contributed by atoms with Gasteiger partial charge in [0.15, 0.2) is 0 Å². The van der Waals surface area contributed by atoms with Crippen LogP contribution in [0.1, 0.15) is 24.4 Å². The van der Waals surface area contributed by atoms with Gasteiger partial charge in [-0.3, -0.25) is 0 Å². The number of furan rings is 1. The molecule has 0 bridgehead atoms. The molecule has 1 atom stereocenters. The van der Waals surface area contributed by atoms with Gasteiger partial charge in [-0.15, -0.1) is 0 Å². The van der Waals surface area contributed by atoms with E-state index in [-0.39, 0.29) is 17.1 Å². The average Bonchev–Trinajstić information content (AvgIpc) is 2.73. The van der Waals surface area contributed by atoms with E-state index in [0.717, 1.165) is 0 Å². The zero-order chi connectivity index (χ0) is 12.6. The summed E-state index contributed by atoms with van der Waals surface area (Å²) in [5.74, 6) is -0.962. The maximum atomic E-state index is 13.8. The number of aliphatic hydroxyl groups is 1. The number of benzene rings is 1. The maximum Gasteiger partial charge on any atom is 0.140 e. The summed E-state index contributed by atoms with van der Waals surface area (Å²) in [6.45, 7) is 3.07. The molecule has 2 nitrogen and oxygen atoms in total. The molecule has 0 aliphatic rings. The molecule has 0 saturated heterocycles. The first-order chi connectivity index (χ1) is 8.00. The highest BCUT2D eigenvalue weighted by atomic mass is 19.1. The molecule has 0 aliphatic heterocycles. The average molecular weight is 238 g/mol. The van der Waals surface area contributed by atoms with E-state index in [2.05, 4.69) is 0 Å². The zero-order valence-corrected chi connectivity index (χ0v) is 9.50. The fourth-order valence-electron chi connectivity index (χ4n) is 1.59. The van der Waals surface area contributed by atoms with Gasteiger partial charge in [0, 0.05) is 0 Å². The normalized spacial score (nSPS) is 12.8. The molecule has 17 heavy (non-hydrogen) atoms. The van der Waals surface area contributed by atoms with Crippen molar-refractivity contribution in [3.63, 3.8) is 0 Å². The standard InChI is InChI=1S/C13H12F2O2/c1-7-3-4-9(14)12(13(7)15)11-6-5-10(17-11)8(2)16/h3-6,8,16H,1-2H3. The van der Waals surface area contributed by atoms with Gasteiger partial charge in [0.2, 0.25) is 0 Å². The first-order valence-electron chi connectivity index (χ1n) is 5.23. The minimum absolute atomic E-state index is 0.0830. The van der Waals surface area contributed by atoms with Gasteiger partial charge in [0.25, 0.3) is 0 Å². The van der Waals surface area contributed by atoms with Crippen molar-refractivity contribution < 1.29 is 18.3 Å². The Kier molecular flexibility index (Phi) is 2.98. The highest BCUT2D eigenvalue weighted by Gasteiger charge is 2.17. The van der Waals surface area contributed by atoms with Crippen LogP contribution < -0.4 is 0 Å². The van der Waals surface area contributed by atoms with Gasteiger partial charge >= 0.3 is 0 Å². The van der Waals surface area contributed by atoms with Crippen molar-refractivity contribution in [1.82, 2.24) is 0 Å². The van der Waals surface area contributed by atoms with Crippen molar-refractivity contribution in [3.05, 3.63) is 47.2 Å². The SMILES string of the molecule is Cc1ccc(F)c(-c2ccc(C(C)O)o2)c1F. The summed E-state index contributed by atoms with van der Waals surface area (Å²) in [6.07, 6.45) is -0.806. The largest absolute Gasteiger partial charge is 0.458 e. The lowest BCUT2D eigenvalue weighted by atomic mass is 10.1. The predicted molar refractivity (Wildman–Crippen MR) is 59.4 cm³/mol. The number of aliphatic hydroxyl groups excluding tert-OH is 1. The molecule has 90 valence electrons. The molecule has 1 aromatic heterocycles. The number of halogens is 2. The second-order valence-electron chi connectivity index (χ2n) is 3.93. The van der Waals surface area contributed by atoms with Crippen LogP contribution in [0.15, 0.2) is 28.7 Å². The van der Waals surface area contributed by atoms with E-state index in [0.29, 0.717) is 5.56 Å². The van der Waals surface area contributed by atoms with Crippen LogP contribution in [-0.2, 0) is 0 Å². The number of hydrogen-bond donors (Lipinski definition) is 1. The molecule has 0 amide bonds. The van der Waals surface area contributed by atoms with Crippen molar-refractivity contribution >= 4 is 0 Å². The van der Waals surface area contributed by atoms with Crippen LogP contribution in [0.3, 0.4) is 0 Å². The number of rotatable bonds is 2. The summed E-state index contributed by atoms with van der Waals surface area (Å²) < 4.78 is 32.6. The monoisotopic (exact) mass is 238 g/mol. The van der Waals surface area contributed by atoms with Gasteiger partial charge in [-0.25, -0.2) is 8.78 Å². The summed E-state index contributed by atoms with van der Waals surface area (Å²) in [5.41, 5.74) is 0.147. The minimum Gasteiger partial charge on any atom is -0.458 e. The van der Waals surface area contributed by atoms with E-state index in [1.165, 1.54) is 31.2 Å². The van der Waals surface area contributed by atoms with Crippen molar-refractivity contribution in [3.8, 4) is 11.3 Å². The summed E-state index contributed by atoms with van der Waals surface area (Å²) >= 11 is 0. The fourth-order valence-corrected chi connectivity index (χ4v) is 1.59. The van der Waals surface area contributed by atoms with Gasteiger partial charge in [-0.2, -0.15) is 0 Å². The third-order valence-corrected chi connectivity index (χ3v) is 2.57. The Hall–Kier alpha value is -1.68. The second kappa shape index (κ2) is 4.30. The molecule has 0 spiro atoms. The molecule has 1 aromatic carbocycles. The molecular formula is C13H12F2O2. The maximum absolute atomic E-state index is 13.8. The Labute approximate surface area is 97.5 Å². The topological polar surface area (TPSA) is 33.4 Å². The Morgan fingerprint density at radius 1 is 1.18 bits per heavy atom. The van der Waals surface area contributed by atoms with E-state index >= 15 is 0 Å². The van der Waals surface area contributed by atoms with Crippen LogP contribution in [-0.4, -0.2) is 5.11 Å². The lowest BCUT2D eigenvalue weighted by molar-refractivity contribution is 0.170. The van der Waals surface area contributed by atoms with Crippen LogP contribution in [0.4, 0.5) is 8.78 Å². The molecule has 1 N–H and O–H groups in total. The highest BCUT2D eigenvalue weighted by molar-refractivity contribution is 5.60. The molecule has 4 heteroatoms. The Bertz CT molecular complexity index is 544. The molecule has 2 aromatic rings. The first kappa shape index (κ1) is 11.8. The molecule has 2 rings (SSSR count). The molecular weight excluding hydrogens is 226 g/mol. The van der Waals surface area contributed by atoms with E-state index < -0.39 is 17.7 Å². The summed E-state index contributed by atoms with van der Waals surface area (Å²) in [5, 5.41) is 9.30. The van der Waals surface area contributed by atoms with Crippen molar-refractivity contribution in [2.45, 2.75) is 20.0 Å². The van der Waals surface area contributed by atoms with Crippen LogP contribution in [0, 0.1) is 18.6 Å². The highest BCUT2D eigenvalue weighted by Crippen LogP contribution is 2.30. The van der Waals surface area contributed by atoms with E-state index in [4.69, 9.17) is 4.42 Å². The van der Waals surface area contributed by atoms with Gasteiger partial charge < -0.3 is 9.52 Å². The lowest BCUT2D eigenvalue weighted by Gasteiger charge is -2.05. The minimum atomic E-state index is -0.806. The van der Waals surface area contributed by atoms with Gasteiger partial charge in [-0.1, -0.05) is 6.07 Å². The van der Waals surface area contributed by atoms with Gasteiger partial charge in [0.1, 0.15) is 29.3 Å². The molecule has 0 radical (unpaired) electrons. The molecule has 1 heterocycles. The molecule has 0 aliphatic carbocycles. The number of aryl methyl sites for hydroxylation is 1. The van der Waals surface area contributed by atoms with E-state index in [9.17, 15) is 13.9 Å².